The fraction of sp³-hybridized carbons (Fsp3) is 0.576. The van der Waals surface area contributed by atoms with Crippen molar-refractivity contribution in [3.05, 3.63) is 53.6 Å². The van der Waals surface area contributed by atoms with Gasteiger partial charge in [-0.1, -0.05) is 37.6 Å². The van der Waals surface area contributed by atoms with E-state index in [1.54, 1.807) is 36.4 Å². The third-order valence-electron chi connectivity index (χ3n) is 10.7. The zero-order chi connectivity index (χ0) is 30.3. The minimum absolute atomic E-state index is 0.00484. The molecule has 3 saturated carbocycles. The van der Waals surface area contributed by atoms with Crippen molar-refractivity contribution in [2.45, 2.75) is 76.9 Å². The zero-order valence-electron chi connectivity index (χ0n) is 24.3. The second-order valence-corrected chi connectivity index (χ2v) is 13.0. The van der Waals surface area contributed by atoms with Crippen LogP contribution in [0.4, 0.5) is 0 Å². The highest BCUT2D eigenvalue weighted by molar-refractivity contribution is 6.01. The molecule has 42 heavy (non-hydrogen) atoms. The van der Waals surface area contributed by atoms with Crippen LogP contribution in [0.25, 0.3) is 0 Å². The average Bonchev–Trinajstić information content (AvgIpc) is 3.22. The number of ether oxygens (including phenoxy) is 1. The summed E-state index contributed by atoms with van der Waals surface area (Å²) < 4.78 is 5.21. The Kier molecular flexibility index (Phi) is 8.20. The lowest BCUT2D eigenvalue weighted by Crippen LogP contribution is -2.61. The first kappa shape index (κ1) is 30.2. The standard InChI is InChI=1S/C33H41NO8/c1-31-14-11-23(36)17-21(31)5-8-24-25-12-15-33(41,32(25,2)18-26(37)30(24)31)27(38)19-42-29(40)10-9-28(39)34-16-13-20-3-6-22(35)7-4-20/h3-4,6-7,11,14,17,24-26,30,35,37,41H,5,8-10,12-13,15-16,18-19H2,1-2H3,(H,34,39)/t24-,25-,26-,30-,31-,32-,33-/m0/s1. The van der Waals surface area contributed by atoms with E-state index in [9.17, 15) is 34.5 Å². The molecule has 0 aromatic heterocycles. The number of aliphatic hydroxyl groups excluding tert-OH is 1. The number of hydrogen-bond acceptors (Lipinski definition) is 8. The van der Waals surface area contributed by atoms with E-state index in [1.807, 2.05) is 13.0 Å². The minimum atomic E-state index is -1.73. The molecule has 0 saturated heterocycles. The maximum atomic E-state index is 13.4. The smallest absolute Gasteiger partial charge is 0.306 e. The van der Waals surface area contributed by atoms with Gasteiger partial charge in [0.15, 0.2) is 12.4 Å². The molecule has 0 spiro atoms. The number of nitrogens with one attached hydrogen (secondary N) is 1. The summed E-state index contributed by atoms with van der Waals surface area (Å²) in [5, 5.41) is 35.3. The van der Waals surface area contributed by atoms with Gasteiger partial charge in [-0.3, -0.25) is 19.2 Å². The first-order valence-corrected chi connectivity index (χ1v) is 15.0. The highest BCUT2D eigenvalue weighted by Gasteiger charge is 2.68. The van der Waals surface area contributed by atoms with Gasteiger partial charge in [-0.2, -0.15) is 0 Å². The number of allylic oxidation sites excluding steroid dienone is 4. The van der Waals surface area contributed by atoms with Crippen LogP contribution in [-0.4, -0.2) is 63.6 Å². The topological polar surface area (TPSA) is 150 Å². The Labute approximate surface area is 246 Å². The van der Waals surface area contributed by atoms with Crippen molar-refractivity contribution in [3.8, 4) is 5.75 Å². The Morgan fingerprint density at radius 2 is 1.83 bits per heavy atom. The van der Waals surface area contributed by atoms with Gasteiger partial charge in [0.2, 0.25) is 11.7 Å². The quantitative estimate of drug-likeness (QED) is 0.326. The molecule has 0 aliphatic heterocycles. The molecule has 1 aromatic carbocycles. The maximum absolute atomic E-state index is 13.4. The van der Waals surface area contributed by atoms with Gasteiger partial charge in [-0.25, -0.2) is 0 Å². The first-order chi connectivity index (χ1) is 19.9. The largest absolute Gasteiger partial charge is 0.508 e. The number of carbonyl (C=O) groups is 4. The fourth-order valence-corrected chi connectivity index (χ4v) is 8.44. The summed E-state index contributed by atoms with van der Waals surface area (Å²) >= 11 is 0. The SMILES string of the molecule is C[C@]12C=CC(=O)C=C1CC[C@@H]1[C@H]2[C@@H](O)C[C@@]2(C)[C@H]1CC[C@]2(O)C(=O)COC(=O)CCC(=O)NCCc1ccc(O)cc1. The number of Topliss-reactive ketones (excluding diaryl/α,β-unsaturated/α-hetero) is 1. The molecular formula is C33H41NO8. The van der Waals surface area contributed by atoms with Crippen LogP contribution in [0.2, 0.25) is 0 Å². The van der Waals surface area contributed by atoms with Crippen molar-refractivity contribution in [2.24, 2.45) is 28.6 Å². The zero-order valence-corrected chi connectivity index (χ0v) is 24.3. The van der Waals surface area contributed by atoms with E-state index in [4.69, 9.17) is 4.74 Å². The molecule has 4 N–H and O–H groups in total. The van der Waals surface area contributed by atoms with E-state index in [0.29, 0.717) is 19.4 Å². The molecule has 1 aromatic rings. The number of fused-ring (bicyclic) bond motifs is 5. The second-order valence-electron chi connectivity index (χ2n) is 13.0. The molecule has 0 radical (unpaired) electrons. The molecule has 0 bridgehead atoms. The van der Waals surface area contributed by atoms with E-state index >= 15 is 0 Å². The van der Waals surface area contributed by atoms with Crippen molar-refractivity contribution in [3.63, 3.8) is 0 Å². The van der Waals surface area contributed by atoms with E-state index in [1.165, 1.54) is 0 Å². The number of carbonyl (C=O) groups excluding carboxylic acids is 4. The number of aliphatic hydroxyl groups is 2. The predicted octanol–water partition coefficient (Wildman–Crippen LogP) is 2.95. The van der Waals surface area contributed by atoms with Crippen LogP contribution in [0, 0.1) is 28.6 Å². The highest BCUT2D eigenvalue weighted by atomic mass is 16.5. The van der Waals surface area contributed by atoms with Gasteiger partial charge in [0, 0.05) is 29.7 Å². The molecule has 5 rings (SSSR count). The molecule has 9 heteroatoms. The van der Waals surface area contributed by atoms with Crippen molar-refractivity contribution < 1.29 is 39.2 Å². The van der Waals surface area contributed by atoms with Gasteiger partial charge in [0.05, 0.1) is 12.5 Å². The third-order valence-corrected chi connectivity index (χ3v) is 10.7. The van der Waals surface area contributed by atoms with Crippen LogP contribution in [0.15, 0.2) is 48.1 Å². The summed E-state index contributed by atoms with van der Waals surface area (Å²) in [5.41, 5.74) is -1.05. The molecule has 7 atom stereocenters. The lowest BCUT2D eigenvalue weighted by molar-refractivity contribution is -0.181. The van der Waals surface area contributed by atoms with Crippen molar-refractivity contribution in [1.29, 1.82) is 0 Å². The Bertz CT molecular complexity index is 1320. The van der Waals surface area contributed by atoms with E-state index < -0.39 is 40.9 Å². The number of amides is 1. The number of benzene rings is 1. The van der Waals surface area contributed by atoms with Crippen molar-refractivity contribution >= 4 is 23.4 Å². The molecule has 1 amide bonds. The predicted molar refractivity (Wildman–Crippen MR) is 153 cm³/mol. The Hall–Kier alpha value is -3.30. The lowest BCUT2D eigenvalue weighted by atomic mass is 9.46. The second kappa shape index (κ2) is 11.4. The van der Waals surface area contributed by atoms with Crippen molar-refractivity contribution in [1.82, 2.24) is 5.32 Å². The van der Waals surface area contributed by atoms with Crippen LogP contribution in [0.3, 0.4) is 0 Å². The Morgan fingerprint density at radius 1 is 1.10 bits per heavy atom. The molecular weight excluding hydrogens is 538 g/mol. The van der Waals surface area contributed by atoms with Crippen LogP contribution in [-0.2, 0) is 30.3 Å². The van der Waals surface area contributed by atoms with Gasteiger partial charge in [-0.15, -0.1) is 0 Å². The summed E-state index contributed by atoms with van der Waals surface area (Å²) in [6.45, 7) is 3.75. The van der Waals surface area contributed by atoms with Crippen LogP contribution < -0.4 is 5.32 Å². The molecule has 3 fully saturated rings. The number of rotatable bonds is 9. The summed E-state index contributed by atoms with van der Waals surface area (Å²) in [5.74, 6) is -1.46. The number of ketones is 2. The van der Waals surface area contributed by atoms with Crippen LogP contribution in [0.5, 0.6) is 5.75 Å². The minimum Gasteiger partial charge on any atom is -0.508 e. The average molecular weight is 580 g/mol. The molecule has 0 heterocycles. The first-order valence-electron chi connectivity index (χ1n) is 15.0. The number of hydrogen-bond donors (Lipinski definition) is 4. The Morgan fingerprint density at radius 3 is 2.57 bits per heavy atom. The normalized spacial score (nSPS) is 35.0. The van der Waals surface area contributed by atoms with Gasteiger partial charge >= 0.3 is 5.97 Å². The number of phenolic OH excluding ortho intramolecular Hbond substituents is 1. The van der Waals surface area contributed by atoms with Crippen LogP contribution in [0.1, 0.15) is 64.4 Å². The number of phenols is 1. The van der Waals surface area contributed by atoms with Crippen molar-refractivity contribution in [2.75, 3.05) is 13.2 Å². The van der Waals surface area contributed by atoms with Crippen LogP contribution >= 0.6 is 0 Å². The molecule has 4 aliphatic carbocycles. The van der Waals surface area contributed by atoms with Gasteiger partial charge in [0.1, 0.15) is 11.4 Å². The summed E-state index contributed by atoms with van der Waals surface area (Å²) in [6, 6.07) is 6.68. The monoisotopic (exact) mass is 579 g/mol. The third kappa shape index (κ3) is 5.33. The molecule has 0 unspecified atom stereocenters. The van der Waals surface area contributed by atoms with Gasteiger partial charge in [-0.05, 0) is 80.2 Å². The van der Waals surface area contributed by atoms with Gasteiger partial charge < -0.3 is 25.4 Å². The summed E-state index contributed by atoms with van der Waals surface area (Å²) in [6.07, 6.45) is 7.35. The lowest BCUT2D eigenvalue weighted by Gasteiger charge is -2.59. The summed E-state index contributed by atoms with van der Waals surface area (Å²) in [7, 11) is 0. The van der Waals surface area contributed by atoms with E-state index in [2.05, 4.69) is 12.2 Å². The van der Waals surface area contributed by atoms with E-state index in [0.717, 1.165) is 24.0 Å². The highest BCUT2D eigenvalue weighted by Crippen LogP contribution is 2.67. The maximum Gasteiger partial charge on any atom is 0.306 e. The number of aromatic hydroxyl groups is 1. The molecule has 9 nitrogen and oxygen atoms in total. The summed E-state index contributed by atoms with van der Waals surface area (Å²) in [4.78, 5) is 49.9. The van der Waals surface area contributed by atoms with E-state index in [-0.39, 0.29) is 60.9 Å². The Balaban J connectivity index is 1.14. The van der Waals surface area contributed by atoms with Gasteiger partial charge in [0.25, 0.3) is 0 Å². The number of esters is 1. The molecule has 4 aliphatic rings. The molecule has 226 valence electrons. The fourth-order valence-electron chi connectivity index (χ4n) is 8.44.